The van der Waals surface area contributed by atoms with Crippen molar-refractivity contribution in [3.8, 4) is 0 Å². The van der Waals surface area contributed by atoms with E-state index >= 15 is 0 Å². The Kier molecular flexibility index (Phi) is 6.97. The Bertz CT molecular complexity index is 945. The molecule has 0 radical (unpaired) electrons. The van der Waals surface area contributed by atoms with Crippen molar-refractivity contribution < 1.29 is 13.2 Å². The molecule has 0 bridgehead atoms. The zero-order valence-electron chi connectivity index (χ0n) is 15.9. The lowest BCUT2D eigenvalue weighted by Crippen LogP contribution is -2.22. The van der Waals surface area contributed by atoms with E-state index in [4.69, 9.17) is 11.6 Å². The molecular formula is C19H24ClN3O3S. The summed E-state index contributed by atoms with van der Waals surface area (Å²) in [5.41, 5.74) is 1.87. The zero-order valence-corrected chi connectivity index (χ0v) is 17.5. The maximum atomic E-state index is 12.4. The number of carbonyl (C=O) groups is 1. The second-order valence-electron chi connectivity index (χ2n) is 6.38. The average Bonchev–Trinajstić information content (AvgIpc) is 2.91. The van der Waals surface area contributed by atoms with E-state index in [0.29, 0.717) is 16.3 Å². The number of ketones is 1. The van der Waals surface area contributed by atoms with Crippen LogP contribution in [0.3, 0.4) is 0 Å². The van der Waals surface area contributed by atoms with Gasteiger partial charge in [-0.1, -0.05) is 24.9 Å². The van der Waals surface area contributed by atoms with Gasteiger partial charge in [0.25, 0.3) is 0 Å². The molecule has 8 heteroatoms. The number of benzene rings is 1. The molecule has 0 saturated carbocycles. The fraction of sp³-hybridized carbons (Fsp3) is 0.368. The van der Waals surface area contributed by atoms with E-state index in [1.165, 1.54) is 44.4 Å². The van der Waals surface area contributed by atoms with Crippen LogP contribution in [-0.2, 0) is 16.6 Å². The first kappa shape index (κ1) is 21.3. The highest BCUT2D eigenvalue weighted by atomic mass is 35.5. The van der Waals surface area contributed by atoms with Gasteiger partial charge in [0.05, 0.1) is 10.6 Å². The van der Waals surface area contributed by atoms with Gasteiger partial charge in [0.2, 0.25) is 10.0 Å². The molecule has 0 spiro atoms. The zero-order chi connectivity index (χ0) is 20.2. The van der Waals surface area contributed by atoms with Gasteiger partial charge in [-0.2, -0.15) is 5.10 Å². The number of hydrogen-bond donors (Lipinski definition) is 0. The molecule has 0 fully saturated rings. The third-order valence-electron chi connectivity index (χ3n) is 4.15. The monoisotopic (exact) mass is 409 g/mol. The van der Waals surface area contributed by atoms with E-state index in [-0.39, 0.29) is 10.7 Å². The molecule has 6 nitrogen and oxygen atoms in total. The maximum absolute atomic E-state index is 12.4. The molecule has 0 aliphatic heterocycles. The Morgan fingerprint density at radius 3 is 2.44 bits per heavy atom. The fourth-order valence-corrected chi connectivity index (χ4v) is 3.69. The number of carbonyl (C=O) groups excluding carboxylic acids is 1. The van der Waals surface area contributed by atoms with Gasteiger partial charge in [-0.25, -0.2) is 12.7 Å². The maximum Gasteiger partial charge on any atom is 0.242 e. The van der Waals surface area contributed by atoms with Crippen LogP contribution in [0.5, 0.6) is 0 Å². The van der Waals surface area contributed by atoms with E-state index in [1.54, 1.807) is 10.8 Å². The first-order valence-electron chi connectivity index (χ1n) is 8.66. The predicted octanol–water partition coefficient (Wildman–Crippen LogP) is 3.79. The second kappa shape index (κ2) is 8.82. The number of hydrogen-bond acceptors (Lipinski definition) is 4. The molecule has 2 rings (SSSR count). The quantitative estimate of drug-likeness (QED) is 0.491. The van der Waals surface area contributed by atoms with Crippen LogP contribution in [0.4, 0.5) is 0 Å². The summed E-state index contributed by atoms with van der Waals surface area (Å²) in [6.07, 6.45) is 5.10. The Morgan fingerprint density at radius 2 is 1.89 bits per heavy atom. The van der Waals surface area contributed by atoms with Crippen LogP contribution in [0.1, 0.15) is 41.4 Å². The normalized spacial score (nSPS) is 12.2. The van der Waals surface area contributed by atoms with Crippen LogP contribution in [-0.4, -0.2) is 42.4 Å². The highest BCUT2D eigenvalue weighted by Crippen LogP contribution is 2.22. The van der Waals surface area contributed by atoms with Gasteiger partial charge >= 0.3 is 0 Å². The molecule has 0 saturated heterocycles. The summed E-state index contributed by atoms with van der Waals surface area (Å²) in [7, 11) is -0.591. The number of nitrogens with zero attached hydrogens (tertiary/aromatic N) is 3. The van der Waals surface area contributed by atoms with E-state index in [1.807, 2.05) is 6.92 Å². The molecule has 0 amide bonds. The summed E-state index contributed by atoms with van der Waals surface area (Å²) >= 11 is 6.36. The molecule has 1 heterocycles. The SMILES string of the molecule is CCCCn1nc(C)c(/C=C/C(=O)c2ccc(S(=O)(=O)N(C)C)cc2)c1Cl. The van der Waals surface area contributed by atoms with Crippen LogP contribution < -0.4 is 0 Å². The third-order valence-corrected chi connectivity index (χ3v) is 6.38. The van der Waals surface area contributed by atoms with Crippen LogP contribution >= 0.6 is 11.6 Å². The summed E-state index contributed by atoms with van der Waals surface area (Å²) < 4.78 is 27.0. The average molecular weight is 410 g/mol. The van der Waals surface area contributed by atoms with Gasteiger partial charge in [0.15, 0.2) is 5.78 Å². The smallest absolute Gasteiger partial charge is 0.242 e. The Morgan fingerprint density at radius 1 is 1.26 bits per heavy atom. The molecule has 27 heavy (non-hydrogen) atoms. The standard InChI is InChI=1S/C19H24ClN3O3S/c1-5-6-13-23-19(20)17(14(2)21-23)11-12-18(24)15-7-9-16(10-8-15)27(25,26)22(3)4/h7-12H,5-6,13H2,1-4H3/b12-11+. The molecule has 1 aromatic carbocycles. The third kappa shape index (κ3) is 4.86. The largest absolute Gasteiger partial charge is 0.289 e. The van der Waals surface area contributed by atoms with Gasteiger partial charge in [-0.3, -0.25) is 9.48 Å². The predicted molar refractivity (Wildman–Crippen MR) is 108 cm³/mol. The molecule has 146 valence electrons. The van der Waals surface area contributed by atoms with Gasteiger partial charge < -0.3 is 0 Å². The minimum absolute atomic E-state index is 0.143. The Balaban J connectivity index is 2.19. The molecule has 1 aromatic heterocycles. The van der Waals surface area contributed by atoms with Crippen LogP contribution in [0, 0.1) is 6.92 Å². The van der Waals surface area contributed by atoms with Gasteiger partial charge in [-0.05, 0) is 49.8 Å². The number of aryl methyl sites for hydroxylation is 2. The van der Waals surface area contributed by atoms with Crippen molar-refractivity contribution in [2.45, 2.75) is 38.1 Å². The van der Waals surface area contributed by atoms with Gasteiger partial charge in [-0.15, -0.1) is 0 Å². The van der Waals surface area contributed by atoms with Crippen molar-refractivity contribution in [3.63, 3.8) is 0 Å². The Labute approximate surface area is 165 Å². The van der Waals surface area contributed by atoms with E-state index in [2.05, 4.69) is 12.0 Å². The second-order valence-corrected chi connectivity index (χ2v) is 8.89. The lowest BCUT2D eigenvalue weighted by molar-refractivity contribution is 0.104. The summed E-state index contributed by atoms with van der Waals surface area (Å²) in [5, 5.41) is 4.92. The molecule has 0 aliphatic rings. The van der Waals surface area contributed by atoms with Crippen LogP contribution in [0.15, 0.2) is 35.2 Å². The molecular weight excluding hydrogens is 386 g/mol. The van der Waals surface area contributed by atoms with Crippen LogP contribution in [0.2, 0.25) is 5.15 Å². The van der Waals surface area contributed by atoms with Crippen molar-refractivity contribution >= 4 is 33.5 Å². The minimum Gasteiger partial charge on any atom is -0.289 e. The molecule has 2 aromatic rings. The van der Waals surface area contributed by atoms with Crippen LogP contribution in [0.25, 0.3) is 6.08 Å². The molecule has 0 unspecified atom stereocenters. The topological polar surface area (TPSA) is 72.3 Å². The number of allylic oxidation sites excluding steroid dienone is 1. The number of unbranched alkanes of at least 4 members (excludes halogenated alkanes) is 1. The van der Waals surface area contributed by atoms with E-state index in [9.17, 15) is 13.2 Å². The summed E-state index contributed by atoms with van der Waals surface area (Å²) in [6.45, 7) is 4.68. The van der Waals surface area contributed by atoms with Crippen molar-refractivity contribution in [1.29, 1.82) is 0 Å². The summed E-state index contributed by atoms with van der Waals surface area (Å²) in [5.74, 6) is -0.236. The van der Waals surface area contributed by atoms with Crippen molar-refractivity contribution in [2.24, 2.45) is 0 Å². The van der Waals surface area contributed by atoms with Crippen molar-refractivity contribution in [1.82, 2.24) is 14.1 Å². The van der Waals surface area contributed by atoms with E-state index in [0.717, 1.165) is 29.4 Å². The van der Waals surface area contributed by atoms with E-state index < -0.39 is 10.0 Å². The highest BCUT2D eigenvalue weighted by Gasteiger charge is 2.17. The minimum atomic E-state index is -3.52. The number of sulfonamides is 1. The van der Waals surface area contributed by atoms with Gasteiger partial charge in [0.1, 0.15) is 5.15 Å². The first-order valence-corrected chi connectivity index (χ1v) is 10.5. The van der Waals surface area contributed by atoms with Crippen molar-refractivity contribution in [2.75, 3.05) is 14.1 Å². The lowest BCUT2D eigenvalue weighted by atomic mass is 10.1. The number of rotatable bonds is 8. The molecule has 0 N–H and O–H groups in total. The lowest BCUT2D eigenvalue weighted by Gasteiger charge is -2.11. The van der Waals surface area contributed by atoms with Crippen molar-refractivity contribution in [3.05, 3.63) is 52.3 Å². The van der Waals surface area contributed by atoms with Gasteiger partial charge in [0, 0.05) is 31.8 Å². The summed E-state index contributed by atoms with van der Waals surface area (Å²) in [4.78, 5) is 12.5. The fourth-order valence-electron chi connectivity index (χ4n) is 2.47. The number of halogens is 1. The molecule has 0 aliphatic carbocycles. The molecule has 0 atom stereocenters. The summed E-state index contributed by atoms with van der Waals surface area (Å²) in [6, 6.07) is 5.86. The number of aromatic nitrogens is 2. The Hall–Kier alpha value is -1.96. The highest BCUT2D eigenvalue weighted by molar-refractivity contribution is 7.89. The first-order chi connectivity index (χ1) is 12.7.